The smallest absolute Gasteiger partial charge is 0.0648 e. The second kappa shape index (κ2) is 4.29. The van der Waals surface area contributed by atoms with Gasteiger partial charge in [0.25, 0.3) is 0 Å². The molecule has 0 bridgehead atoms. The molecule has 1 aromatic carbocycles. The summed E-state index contributed by atoms with van der Waals surface area (Å²) in [5, 5.41) is 4.26. The Morgan fingerprint density at radius 1 is 1.14 bits per heavy atom. The molecule has 1 aromatic heterocycles. The van der Waals surface area contributed by atoms with Crippen molar-refractivity contribution >= 4 is 11.6 Å². The molecule has 0 aliphatic heterocycles. The van der Waals surface area contributed by atoms with Gasteiger partial charge < -0.3 is 0 Å². The van der Waals surface area contributed by atoms with Crippen molar-refractivity contribution in [2.24, 2.45) is 0 Å². The van der Waals surface area contributed by atoms with Crippen LogP contribution in [-0.2, 0) is 6.42 Å². The molecule has 1 heterocycles. The molecule has 0 radical (unpaired) electrons. The van der Waals surface area contributed by atoms with Crippen LogP contribution in [0, 0.1) is 0 Å². The lowest BCUT2D eigenvalue weighted by molar-refractivity contribution is 0.816. The minimum atomic E-state index is 0.624. The summed E-state index contributed by atoms with van der Waals surface area (Å²) in [5.41, 5.74) is 2.23. The molecule has 72 valence electrons. The van der Waals surface area contributed by atoms with Crippen LogP contribution in [0.1, 0.15) is 5.69 Å². The molecule has 2 rings (SSSR count). The summed E-state index contributed by atoms with van der Waals surface area (Å²) in [6.45, 7) is 0. The summed E-state index contributed by atoms with van der Waals surface area (Å²) < 4.78 is 1.92. The third kappa shape index (κ3) is 1.80. The molecule has 14 heavy (non-hydrogen) atoms. The topological polar surface area (TPSA) is 17.8 Å². The number of hydrogen-bond donors (Lipinski definition) is 0. The van der Waals surface area contributed by atoms with E-state index in [1.165, 1.54) is 0 Å². The lowest BCUT2D eigenvalue weighted by atomic mass is 10.3. The molecule has 2 nitrogen and oxygen atoms in total. The summed E-state index contributed by atoms with van der Waals surface area (Å²) in [6, 6.07) is 12.1. The fraction of sp³-hybridized carbons (Fsp3) is 0.182. The molecular weight excluding hydrogens is 196 g/mol. The minimum absolute atomic E-state index is 0.624. The van der Waals surface area contributed by atoms with Gasteiger partial charge >= 0.3 is 0 Å². The van der Waals surface area contributed by atoms with E-state index in [1.54, 1.807) is 6.20 Å². The molecule has 0 N–H and O–H groups in total. The van der Waals surface area contributed by atoms with Crippen molar-refractivity contribution < 1.29 is 0 Å². The van der Waals surface area contributed by atoms with E-state index in [4.69, 9.17) is 11.6 Å². The highest BCUT2D eigenvalue weighted by atomic mass is 35.5. The molecular formula is C11H11ClN2. The predicted molar refractivity (Wildman–Crippen MR) is 58.0 cm³/mol. The Hall–Kier alpha value is -1.28. The second-order valence-corrected chi connectivity index (χ2v) is 3.39. The molecule has 0 aliphatic carbocycles. The van der Waals surface area contributed by atoms with Crippen LogP contribution in [-0.4, -0.2) is 15.7 Å². The van der Waals surface area contributed by atoms with Crippen molar-refractivity contribution in [3.05, 3.63) is 48.3 Å². The first-order valence-electron chi connectivity index (χ1n) is 4.56. The van der Waals surface area contributed by atoms with Gasteiger partial charge in [0.1, 0.15) is 0 Å². The molecule has 3 heteroatoms. The van der Waals surface area contributed by atoms with Crippen LogP contribution in [0.25, 0.3) is 5.69 Å². The van der Waals surface area contributed by atoms with Gasteiger partial charge in [0.2, 0.25) is 0 Å². The Labute approximate surface area is 88.1 Å². The summed E-state index contributed by atoms with van der Waals surface area (Å²) in [5.74, 6) is 0.624. The largest absolute Gasteiger partial charge is 0.238 e. The maximum Gasteiger partial charge on any atom is 0.0648 e. The van der Waals surface area contributed by atoms with Gasteiger partial charge in [-0.15, -0.1) is 11.6 Å². The Balaban J connectivity index is 2.37. The molecule has 0 atom stereocenters. The van der Waals surface area contributed by atoms with Gasteiger partial charge in [0.05, 0.1) is 5.69 Å². The third-order valence-electron chi connectivity index (χ3n) is 2.07. The number of halogens is 1. The van der Waals surface area contributed by atoms with E-state index in [0.717, 1.165) is 17.8 Å². The van der Waals surface area contributed by atoms with Gasteiger partial charge in [-0.2, -0.15) is 5.10 Å². The van der Waals surface area contributed by atoms with Crippen LogP contribution in [0.3, 0.4) is 0 Å². The summed E-state index contributed by atoms with van der Waals surface area (Å²) in [7, 11) is 0. The number of aryl methyl sites for hydroxylation is 1. The number of aromatic nitrogens is 2. The maximum absolute atomic E-state index is 5.71. The highest BCUT2D eigenvalue weighted by molar-refractivity contribution is 6.17. The van der Waals surface area contributed by atoms with Crippen molar-refractivity contribution in [3.63, 3.8) is 0 Å². The molecule has 0 amide bonds. The normalized spacial score (nSPS) is 10.4. The van der Waals surface area contributed by atoms with Crippen molar-refractivity contribution in [1.29, 1.82) is 0 Å². The van der Waals surface area contributed by atoms with E-state index < -0.39 is 0 Å². The Morgan fingerprint density at radius 3 is 2.64 bits per heavy atom. The quantitative estimate of drug-likeness (QED) is 0.706. The Bertz CT molecular complexity index is 395. The second-order valence-electron chi connectivity index (χ2n) is 3.01. The van der Waals surface area contributed by atoms with E-state index in [0.29, 0.717) is 5.88 Å². The van der Waals surface area contributed by atoms with Crippen LogP contribution in [0.4, 0.5) is 0 Å². The van der Waals surface area contributed by atoms with Crippen molar-refractivity contribution in [3.8, 4) is 5.69 Å². The molecule has 0 saturated heterocycles. The summed E-state index contributed by atoms with van der Waals surface area (Å²) in [6.07, 6.45) is 2.64. The zero-order valence-corrected chi connectivity index (χ0v) is 8.48. The highest BCUT2D eigenvalue weighted by Gasteiger charge is 2.02. The van der Waals surface area contributed by atoms with Gasteiger partial charge in [-0.05, 0) is 18.2 Å². The van der Waals surface area contributed by atoms with Crippen molar-refractivity contribution in [1.82, 2.24) is 9.78 Å². The molecule has 0 aliphatic rings. The minimum Gasteiger partial charge on any atom is -0.238 e. The van der Waals surface area contributed by atoms with Crippen molar-refractivity contribution in [2.75, 3.05) is 5.88 Å². The van der Waals surface area contributed by atoms with Crippen LogP contribution < -0.4 is 0 Å². The molecule has 0 fully saturated rings. The van der Waals surface area contributed by atoms with Crippen LogP contribution in [0.2, 0.25) is 0 Å². The lowest BCUT2D eigenvalue weighted by Crippen LogP contribution is -2.02. The van der Waals surface area contributed by atoms with Gasteiger partial charge in [-0.3, -0.25) is 0 Å². The lowest BCUT2D eigenvalue weighted by Gasteiger charge is -2.05. The van der Waals surface area contributed by atoms with E-state index >= 15 is 0 Å². The Morgan fingerprint density at radius 2 is 1.93 bits per heavy atom. The summed E-state index contributed by atoms with van der Waals surface area (Å²) in [4.78, 5) is 0. The zero-order chi connectivity index (χ0) is 9.80. The first-order chi connectivity index (χ1) is 6.92. The molecule has 0 unspecified atom stereocenters. The monoisotopic (exact) mass is 206 g/mol. The molecule has 2 aromatic rings. The number of benzene rings is 1. The number of rotatable bonds is 3. The van der Waals surface area contributed by atoms with E-state index in [-0.39, 0.29) is 0 Å². The number of hydrogen-bond acceptors (Lipinski definition) is 1. The zero-order valence-electron chi connectivity index (χ0n) is 7.73. The number of para-hydroxylation sites is 1. The van der Waals surface area contributed by atoms with Gasteiger partial charge in [-0.1, -0.05) is 18.2 Å². The predicted octanol–water partition coefficient (Wildman–Crippen LogP) is 2.65. The SMILES string of the molecule is ClCCc1ccnn1-c1ccccc1. The average molecular weight is 207 g/mol. The van der Waals surface area contributed by atoms with E-state index in [9.17, 15) is 0 Å². The first kappa shape index (κ1) is 9.28. The fourth-order valence-electron chi connectivity index (χ4n) is 1.42. The molecule has 0 saturated carbocycles. The summed E-state index contributed by atoms with van der Waals surface area (Å²) >= 11 is 5.71. The average Bonchev–Trinajstić information content (AvgIpc) is 2.68. The highest BCUT2D eigenvalue weighted by Crippen LogP contribution is 2.10. The van der Waals surface area contributed by atoms with Gasteiger partial charge in [-0.25, -0.2) is 4.68 Å². The van der Waals surface area contributed by atoms with Gasteiger partial charge in [0, 0.05) is 24.2 Å². The van der Waals surface area contributed by atoms with Gasteiger partial charge in [0.15, 0.2) is 0 Å². The Kier molecular flexibility index (Phi) is 2.84. The first-order valence-corrected chi connectivity index (χ1v) is 5.09. The van der Waals surface area contributed by atoms with Crippen molar-refractivity contribution in [2.45, 2.75) is 6.42 Å². The number of nitrogens with zero attached hydrogens (tertiary/aromatic N) is 2. The van der Waals surface area contributed by atoms with Crippen LogP contribution in [0.5, 0.6) is 0 Å². The third-order valence-corrected chi connectivity index (χ3v) is 2.26. The van der Waals surface area contributed by atoms with Crippen LogP contribution >= 0.6 is 11.6 Å². The standard InChI is InChI=1S/C11H11ClN2/c12-8-6-11-7-9-13-14(11)10-4-2-1-3-5-10/h1-5,7,9H,6,8H2. The maximum atomic E-state index is 5.71. The molecule has 0 spiro atoms. The van der Waals surface area contributed by atoms with E-state index in [2.05, 4.69) is 5.10 Å². The fourth-order valence-corrected chi connectivity index (χ4v) is 1.61. The number of alkyl halides is 1. The van der Waals surface area contributed by atoms with E-state index in [1.807, 2.05) is 41.1 Å². The van der Waals surface area contributed by atoms with Crippen LogP contribution in [0.15, 0.2) is 42.6 Å².